The number of rotatable bonds is 8. The molecule has 0 unspecified atom stereocenters. The maximum atomic E-state index is 11.8. The summed E-state index contributed by atoms with van der Waals surface area (Å²) in [6.07, 6.45) is 1.58. The molecule has 1 aromatic carbocycles. The molecule has 20 heavy (non-hydrogen) atoms. The van der Waals surface area contributed by atoms with E-state index in [0.717, 1.165) is 6.42 Å². The number of esters is 1. The number of hydrogen-bond donors (Lipinski definition) is 1. The van der Waals surface area contributed by atoms with Crippen LogP contribution in [0.2, 0.25) is 0 Å². The number of carbonyl (C=O) groups is 2. The Morgan fingerprint density at radius 2 is 1.85 bits per heavy atom. The van der Waals surface area contributed by atoms with E-state index in [2.05, 4.69) is 0 Å². The number of carbonyl (C=O) groups excluding carboxylic acids is 2. The molecule has 0 aliphatic carbocycles. The van der Waals surface area contributed by atoms with Gasteiger partial charge in [-0.3, -0.25) is 4.79 Å². The van der Waals surface area contributed by atoms with Crippen LogP contribution < -0.4 is 0 Å². The second-order valence-electron chi connectivity index (χ2n) is 4.93. The predicted octanol–water partition coefficient (Wildman–Crippen LogP) is 2.66. The molecule has 0 aromatic heterocycles. The minimum Gasteiger partial charge on any atom is -0.469 e. The zero-order chi connectivity index (χ0) is 15.0. The van der Waals surface area contributed by atoms with E-state index in [4.69, 9.17) is 4.74 Å². The maximum absolute atomic E-state index is 11.8. The third kappa shape index (κ3) is 5.13. The van der Waals surface area contributed by atoms with Gasteiger partial charge in [-0.1, -0.05) is 36.8 Å². The summed E-state index contributed by atoms with van der Waals surface area (Å²) in [6, 6.07) is 9.08. The van der Waals surface area contributed by atoms with Gasteiger partial charge in [0.05, 0.1) is 19.1 Å². The topological polar surface area (TPSA) is 63.6 Å². The number of ketones is 1. The van der Waals surface area contributed by atoms with Gasteiger partial charge in [0, 0.05) is 6.42 Å². The molecule has 0 aliphatic heterocycles. The third-order valence-electron chi connectivity index (χ3n) is 3.32. The lowest BCUT2D eigenvalue weighted by molar-refractivity contribution is -0.150. The Bertz CT molecular complexity index is 427. The SMILES string of the molecule is COC(=O)[C@H](CCCCC(C)=O)[C@@H](O)c1ccccc1. The average Bonchev–Trinajstić information content (AvgIpc) is 2.46. The standard InChI is InChI=1S/C16H22O4/c1-12(17)8-6-7-11-14(16(19)20-2)15(18)13-9-4-3-5-10-13/h3-5,9-10,14-15,18H,6-8,11H2,1-2H3/t14-,15+/m1/s1. The fourth-order valence-electron chi connectivity index (χ4n) is 2.18. The average molecular weight is 278 g/mol. The molecule has 110 valence electrons. The highest BCUT2D eigenvalue weighted by Gasteiger charge is 2.28. The number of Topliss-reactive ketones (excluding diaryl/α,β-unsaturated/α-hetero) is 1. The van der Waals surface area contributed by atoms with Crippen LogP contribution >= 0.6 is 0 Å². The molecule has 2 atom stereocenters. The van der Waals surface area contributed by atoms with Gasteiger partial charge in [-0.2, -0.15) is 0 Å². The maximum Gasteiger partial charge on any atom is 0.311 e. The van der Waals surface area contributed by atoms with Crippen molar-refractivity contribution in [3.63, 3.8) is 0 Å². The van der Waals surface area contributed by atoms with Crippen LogP contribution in [0.3, 0.4) is 0 Å². The summed E-state index contributed by atoms with van der Waals surface area (Å²) in [4.78, 5) is 22.7. The van der Waals surface area contributed by atoms with Crippen molar-refractivity contribution in [2.45, 2.75) is 38.7 Å². The molecule has 0 spiro atoms. The molecule has 1 aromatic rings. The first-order chi connectivity index (χ1) is 9.56. The number of unbranched alkanes of at least 4 members (excludes halogenated alkanes) is 1. The first-order valence-electron chi connectivity index (χ1n) is 6.86. The molecule has 1 rings (SSSR count). The fourth-order valence-corrected chi connectivity index (χ4v) is 2.18. The van der Waals surface area contributed by atoms with Crippen molar-refractivity contribution in [1.82, 2.24) is 0 Å². The van der Waals surface area contributed by atoms with Crippen LogP contribution in [0.4, 0.5) is 0 Å². The van der Waals surface area contributed by atoms with Gasteiger partial charge in [0.15, 0.2) is 0 Å². The predicted molar refractivity (Wildman–Crippen MR) is 76.1 cm³/mol. The van der Waals surface area contributed by atoms with E-state index >= 15 is 0 Å². The smallest absolute Gasteiger partial charge is 0.311 e. The van der Waals surface area contributed by atoms with Crippen molar-refractivity contribution in [1.29, 1.82) is 0 Å². The molecule has 0 aliphatic rings. The van der Waals surface area contributed by atoms with E-state index in [1.54, 1.807) is 19.1 Å². The second-order valence-corrected chi connectivity index (χ2v) is 4.93. The normalized spacial score (nSPS) is 13.6. The molecule has 0 bridgehead atoms. The van der Waals surface area contributed by atoms with Gasteiger partial charge >= 0.3 is 5.97 Å². The molecule has 0 amide bonds. The number of ether oxygens (including phenoxy) is 1. The van der Waals surface area contributed by atoms with Gasteiger partial charge in [-0.05, 0) is 25.3 Å². The Morgan fingerprint density at radius 1 is 1.20 bits per heavy atom. The summed E-state index contributed by atoms with van der Waals surface area (Å²) in [5.41, 5.74) is 0.703. The van der Waals surface area contributed by atoms with Crippen molar-refractivity contribution in [3.05, 3.63) is 35.9 Å². The zero-order valence-corrected chi connectivity index (χ0v) is 12.0. The van der Waals surface area contributed by atoms with E-state index in [1.165, 1.54) is 7.11 Å². The second kappa shape index (κ2) is 8.48. The number of hydrogen-bond acceptors (Lipinski definition) is 4. The van der Waals surface area contributed by atoms with Crippen molar-refractivity contribution >= 4 is 11.8 Å². The van der Waals surface area contributed by atoms with Gasteiger partial charge in [-0.15, -0.1) is 0 Å². The molecular weight excluding hydrogens is 256 g/mol. The molecule has 0 saturated carbocycles. The highest BCUT2D eigenvalue weighted by atomic mass is 16.5. The Morgan fingerprint density at radius 3 is 2.40 bits per heavy atom. The number of benzene rings is 1. The van der Waals surface area contributed by atoms with Crippen LogP contribution in [0, 0.1) is 5.92 Å². The lowest BCUT2D eigenvalue weighted by atomic mass is 9.90. The highest BCUT2D eigenvalue weighted by Crippen LogP contribution is 2.27. The van der Waals surface area contributed by atoms with Crippen LogP contribution in [0.5, 0.6) is 0 Å². The summed E-state index contributed by atoms with van der Waals surface area (Å²) < 4.78 is 4.77. The van der Waals surface area contributed by atoms with Crippen molar-refractivity contribution in [3.8, 4) is 0 Å². The molecular formula is C16H22O4. The number of aliphatic hydroxyl groups is 1. The Kier molecular flexibility index (Phi) is 6.94. The number of aliphatic hydroxyl groups excluding tert-OH is 1. The van der Waals surface area contributed by atoms with Crippen molar-refractivity contribution < 1.29 is 19.4 Å². The van der Waals surface area contributed by atoms with Gasteiger partial charge in [0.25, 0.3) is 0 Å². The van der Waals surface area contributed by atoms with Crippen LogP contribution in [0.25, 0.3) is 0 Å². The summed E-state index contributed by atoms with van der Waals surface area (Å²) in [5.74, 6) is -0.859. The molecule has 4 heteroatoms. The van der Waals surface area contributed by atoms with Crippen LogP contribution in [-0.4, -0.2) is 24.0 Å². The summed E-state index contributed by atoms with van der Waals surface area (Å²) in [5, 5.41) is 10.3. The van der Waals surface area contributed by atoms with E-state index < -0.39 is 18.0 Å². The molecule has 0 saturated heterocycles. The molecule has 4 nitrogen and oxygen atoms in total. The summed E-state index contributed by atoms with van der Waals surface area (Å²) in [6.45, 7) is 1.55. The summed E-state index contributed by atoms with van der Waals surface area (Å²) >= 11 is 0. The van der Waals surface area contributed by atoms with Gasteiger partial charge in [0.2, 0.25) is 0 Å². The Hall–Kier alpha value is -1.68. The summed E-state index contributed by atoms with van der Waals surface area (Å²) in [7, 11) is 1.32. The first kappa shape index (κ1) is 16.4. The minimum absolute atomic E-state index is 0.142. The molecule has 0 heterocycles. The first-order valence-corrected chi connectivity index (χ1v) is 6.86. The largest absolute Gasteiger partial charge is 0.469 e. The molecule has 0 radical (unpaired) electrons. The van der Waals surface area contributed by atoms with Gasteiger partial charge in [0.1, 0.15) is 5.78 Å². The lowest BCUT2D eigenvalue weighted by Crippen LogP contribution is -2.23. The van der Waals surface area contributed by atoms with Crippen LogP contribution in [0.15, 0.2) is 30.3 Å². The van der Waals surface area contributed by atoms with Crippen LogP contribution in [-0.2, 0) is 14.3 Å². The van der Waals surface area contributed by atoms with Crippen LogP contribution in [0.1, 0.15) is 44.3 Å². The van der Waals surface area contributed by atoms with E-state index in [9.17, 15) is 14.7 Å². The quantitative estimate of drug-likeness (QED) is 0.586. The minimum atomic E-state index is -0.874. The monoisotopic (exact) mass is 278 g/mol. The highest BCUT2D eigenvalue weighted by molar-refractivity contribution is 5.75. The van der Waals surface area contributed by atoms with Gasteiger partial charge in [-0.25, -0.2) is 0 Å². The lowest BCUT2D eigenvalue weighted by Gasteiger charge is -2.21. The van der Waals surface area contributed by atoms with Crippen molar-refractivity contribution in [2.75, 3.05) is 7.11 Å². The Labute approximate surface area is 119 Å². The number of methoxy groups -OCH3 is 1. The third-order valence-corrected chi connectivity index (χ3v) is 3.32. The molecule has 0 fully saturated rings. The molecule has 1 N–H and O–H groups in total. The van der Waals surface area contributed by atoms with E-state index in [0.29, 0.717) is 24.8 Å². The Balaban J connectivity index is 2.64. The van der Waals surface area contributed by atoms with Gasteiger partial charge < -0.3 is 14.6 Å². The fraction of sp³-hybridized carbons (Fsp3) is 0.500. The van der Waals surface area contributed by atoms with E-state index in [-0.39, 0.29) is 5.78 Å². The van der Waals surface area contributed by atoms with E-state index in [1.807, 2.05) is 18.2 Å². The van der Waals surface area contributed by atoms with Crippen molar-refractivity contribution in [2.24, 2.45) is 5.92 Å². The zero-order valence-electron chi connectivity index (χ0n) is 12.0.